The molecule has 0 radical (unpaired) electrons. The molecule has 0 fully saturated rings. The van der Waals surface area contributed by atoms with Crippen molar-refractivity contribution in [1.82, 2.24) is 9.88 Å². The molecule has 0 spiro atoms. The second-order valence-corrected chi connectivity index (χ2v) is 10.8. The van der Waals surface area contributed by atoms with Gasteiger partial charge in [0.25, 0.3) is 0 Å². The maximum Gasteiger partial charge on any atom is 0.228 e. The first-order chi connectivity index (χ1) is 15.6. The van der Waals surface area contributed by atoms with Gasteiger partial charge in [-0.15, -0.1) is 0 Å². The highest BCUT2D eigenvalue weighted by molar-refractivity contribution is 7.91. The number of halogens is 2. The van der Waals surface area contributed by atoms with Crippen LogP contribution in [0.25, 0.3) is 10.2 Å². The van der Waals surface area contributed by atoms with Crippen LogP contribution in [0.2, 0.25) is 0 Å². The summed E-state index contributed by atoms with van der Waals surface area (Å²) in [7, 11) is 1.62. The predicted octanol–water partition coefficient (Wildman–Crippen LogP) is 3.73. The maximum atomic E-state index is 14.1. The average Bonchev–Trinajstić information content (AvgIpc) is 3.17. The molecule has 1 heterocycles. The molecule has 11 heteroatoms. The Morgan fingerprint density at radius 2 is 1.82 bits per heavy atom. The van der Waals surface area contributed by atoms with Crippen molar-refractivity contribution in [1.29, 1.82) is 0 Å². The number of carbonyl (C=O) groups is 1. The predicted molar refractivity (Wildman–Crippen MR) is 125 cm³/mol. The van der Waals surface area contributed by atoms with Crippen LogP contribution >= 0.6 is 11.3 Å². The van der Waals surface area contributed by atoms with E-state index in [4.69, 9.17) is 4.74 Å². The SMILES string of the molecule is COc1ccc(S(=O)(=O)CCCC(=O)N(CCN(C)C)c2nc3c(F)cc(F)cc3s2)cc1. The topological polar surface area (TPSA) is 79.8 Å². The number of benzene rings is 2. The molecule has 1 aromatic heterocycles. The smallest absolute Gasteiger partial charge is 0.228 e. The van der Waals surface area contributed by atoms with Gasteiger partial charge in [-0.3, -0.25) is 9.69 Å². The number of rotatable bonds is 10. The molecule has 33 heavy (non-hydrogen) atoms. The number of likely N-dealkylation sites (N-methyl/N-ethyl adjacent to an activating group) is 1. The molecule has 0 saturated heterocycles. The Morgan fingerprint density at radius 3 is 2.45 bits per heavy atom. The third-order valence-corrected chi connectivity index (χ3v) is 7.77. The average molecular weight is 498 g/mol. The zero-order valence-corrected chi connectivity index (χ0v) is 20.2. The largest absolute Gasteiger partial charge is 0.497 e. The van der Waals surface area contributed by atoms with Crippen molar-refractivity contribution < 1.29 is 26.7 Å². The number of hydrogen-bond donors (Lipinski definition) is 0. The van der Waals surface area contributed by atoms with E-state index in [-0.39, 0.29) is 46.6 Å². The highest BCUT2D eigenvalue weighted by Crippen LogP contribution is 2.31. The summed E-state index contributed by atoms with van der Waals surface area (Å²) < 4.78 is 58.2. The summed E-state index contributed by atoms with van der Waals surface area (Å²) >= 11 is 1.02. The van der Waals surface area contributed by atoms with E-state index in [1.165, 1.54) is 30.2 Å². The number of hydrogen-bond acceptors (Lipinski definition) is 7. The molecule has 3 aromatic rings. The van der Waals surface area contributed by atoms with Crippen LogP contribution in [-0.4, -0.2) is 64.3 Å². The third kappa shape index (κ3) is 6.24. The molecule has 0 bridgehead atoms. The zero-order valence-electron chi connectivity index (χ0n) is 18.5. The number of aromatic nitrogens is 1. The highest BCUT2D eigenvalue weighted by atomic mass is 32.2. The zero-order chi connectivity index (χ0) is 24.2. The maximum absolute atomic E-state index is 14.1. The molecule has 0 unspecified atom stereocenters. The fourth-order valence-electron chi connectivity index (χ4n) is 3.14. The minimum absolute atomic E-state index is 0.00105. The van der Waals surface area contributed by atoms with Gasteiger partial charge in [0.15, 0.2) is 20.8 Å². The molecule has 2 aromatic carbocycles. The Morgan fingerprint density at radius 1 is 1.12 bits per heavy atom. The molecule has 0 aliphatic heterocycles. The Labute approximate surface area is 195 Å². The molecule has 3 rings (SSSR count). The van der Waals surface area contributed by atoms with E-state index in [1.807, 2.05) is 19.0 Å². The van der Waals surface area contributed by atoms with Crippen LogP contribution < -0.4 is 9.64 Å². The first kappa shape index (κ1) is 25.0. The number of thiazole rings is 1. The molecular formula is C22H25F2N3O4S2. The first-order valence-corrected chi connectivity index (χ1v) is 12.6. The van der Waals surface area contributed by atoms with Gasteiger partial charge < -0.3 is 9.64 Å². The lowest BCUT2D eigenvalue weighted by Crippen LogP contribution is -2.36. The lowest BCUT2D eigenvalue weighted by Gasteiger charge is -2.22. The molecule has 7 nitrogen and oxygen atoms in total. The summed E-state index contributed by atoms with van der Waals surface area (Å²) in [6, 6.07) is 7.99. The van der Waals surface area contributed by atoms with Gasteiger partial charge >= 0.3 is 0 Å². The molecule has 0 aliphatic carbocycles. The normalized spacial score (nSPS) is 11.8. The number of methoxy groups -OCH3 is 1. The van der Waals surface area contributed by atoms with Gasteiger partial charge in [-0.2, -0.15) is 0 Å². The number of ether oxygens (including phenoxy) is 1. The Bertz CT molecular complexity index is 1230. The molecule has 1 amide bonds. The van der Waals surface area contributed by atoms with Crippen LogP contribution in [0.5, 0.6) is 5.75 Å². The molecule has 178 valence electrons. The molecule has 0 aliphatic rings. The molecule has 0 saturated carbocycles. The molecular weight excluding hydrogens is 472 g/mol. The van der Waals surface area contributed by atoms with Gasteiger partial charge in [-0.05, 0) is 50.8 Å². The summed E-state index contributed by atoms with van der Waals surface area (Å²) in [5, 5.41) is 0.249. The summed E-state index contributed by atoms with van der Waals surface area (Å²) in [4.78, 5) is 20.6. The minimum Gasteiger partial charge on any atom is -0.497 e. The monoisotopic (exact) mass is 497 g/mol. The van der Waals surface area contributed by atoms with Crippen LogP contribution in [0.4, 0.5) is 13.9 Å². The van der Waals surface area contributed by atoms with Crippen LogP contribution in [0.1, 0.15) is 12.8 Å². The number of carbonyl (C=O) groups excluding carboxylic acids is 1. The van der Waals surface area contributed by atoms with E-state index in [1.54, 1.807) is 12.1 Å². The van der Waals surface area contributed by atoms with Gasteiger partial charge in [0.1, 0.15) is 17.1 Å². The summed E-state index contributed by atoms with van der Waals surface area (Å²) in [6.45, 7) is 0.795. The summed E-state index contributed by atoms with van der Waals surface area (Å²) in [6.07, 6.45) is 0.0785. The number of fused-ring (bicyclic) bond motifs is 1. The van der Waals surface area contributed by atoms with Crippen LogP contribution in [0, 0.1) is 11.6 Å². The summed E-state index contributed by atoms with van der Waals surface area (Å²) in [5.41, 5.74) is 0.00105. The first-order valence-electron chi connectivity index (χ1n) is 10.2. The van der Waals surface area contributed by atoms with Gasteiger partial charge in [0, 0.05) is 25.6 Å². The van der Waals surface area contributed by atoms with Crippen LogP contribution in [0.3, 0.4) is 0 Å². The van der Waals surface area contributed by atoms with Crippen LogP contribution in [-0.2, 0) is 14.6 Å². The Balaban J connectivity index is 1.73. The minimum atomic E-state index is -3.57. The van der Waals surface area contributed by atoms with Gasteiger partial charge in [0.2, 0.25) is 5.91 Å². The van der Waals surface area contributed by atoms with Crippen molar-refractivity contribution in [3.05, 3.63) is 48.0 Å². The van der Waals surface area contributed by atoms with E-state index < -0.39 is 21.5 Å². The number of nitrogens with zero attached hydrogens (tertiary/aromatic N) is 3. The quantitative estimate of drug-likeness (QED) is 0.425. The lowest BCUT2D eigenvalue weighted by atomic mass is 10.3. The van der Waals surface area contributed by atoms with E-state index in [2.05, 4.69) is 4.98 Å². The number of anilines is 1. The highest BCUT2D eigenvalue weighted by Gasteiger charge is 2.22. The Kier molecular flexibility index (Phi) is 7.98. The van der Waals surface area contributed by atoms with E-state index >= 15 is 0 Å². The fraction of sp³-hybridized carbons (Fsp3) is 0.364. The van der Waals surface area contributed by atoms with Crippen molar-refractivity contribution in [2.45, 2.75) is 17.7 Å². The number of sulfone groups is 1. The van der Waals surface area contributed by atoms with Crippen molar-refractivity contribution >= 4 is 42.4 Å². The van der Waals surface area contributed by atoms with Crippen molar-refractivity contribution in [2.75, 3.05) is 44.9 Å². The fourth-order valence-corrected chi connectivity index (χ4v) is 5.50. The second kappa shape index (κ2) is 10.5. The second-order valence-electron chi connectivity index (χ2n) is 7.68. The standard InChI is InChI=1S/C22H25F2N3O4S2/c1-26(2)10-11-27(22-25-21-18(24)13-15(23)14-19(21)32-22)20(28)5-4-12-33(29,30)17-8-6-16(31-3)7-9-17/h6-9,13-14H,4-5,10-12H2,1-3H3. The van der Waals surface area contributed by atoms with Gasteiger partial charge in [-0.25, -0.2) is 22.2 Å². The number of amides is 1. The third-order valence-electron chi connectivity index (χ3n) is 4.93. The van der Waals surface area contributed by atoms with E-state index in [9.17, 15) is 22.0 Å². The van der Waals surface area contributed by atoms with Crippen molar-refractivity contribution in [2.24, 2.45) is 0 Å². The van der Waals surface area contributed by atoms with E-state index in [0.29, 0.717) is 17.0 Å². The van der Waals surface area contributed by atoms with E-state index in [0.717, 1.165) is 17.4 Å². The lowest BCUT2D eigenvalue weighted by molar-refractivity contribution is -0.118. The van der Waals surface area contributed by atoms with Gasteiger partial charge in [0.05, 0.1) is 22.5 Å². The van der Waals surface area contributed by atoms with Crippen molar-refractivity contribution in [3.8, 4) is 5.75 Å². The van der Waals surface area contributed by atoms with Crippen LogP contribution in [0.15, 0.2) is 41.3 Å². The molecule has 0 atom stereocenters. The summed E-state index contributed by atoms with van der Waals surface area (Å²) in [5.74, 6) is -1.50. The van der Waals surface area contributed by atoms with Gasteiger partial charge in [-0.1, -0.05) is 11.3 Å². The van der Waals surface area contributed by atoms with Crippen molar-refractivity contribution in [3.63, 3.8) is 0 Å². The molecule has 0 N–H and O–H groups in total. The Hall–Kier alpha value is -2.63.